The molecule has 23 heavy (non-hydrogen) atoms. The number of aryl methyl sites for hydroxylation is 1. The Kier molecular flexibility index (Phi) is 4.21. The molecule has 2 aromatic carbocycles. The van der Waals surface area contributed by atoms with E-state index in [0.717, 1.165) is 25.1 Å². The summed E-state index contributed by atoms with van der Waals surface area (Å²) in [6.45, 7) is 0.907. The maximum atomic E-state index is 12.3. The van der Waals surface area contributed by atoms with Gasteiger partial charge in [-0.3, -0.25) is 4.79 Å². The average Bonchev–Trinajstić information content (AvgIpc) is 2.54. The van der Waals surface area contributed by atoms with E-state index in [2.05, 4.69) is 10.6 Å². The first-order valence-electron chi connectivity index (χ1n) is 7.25. The number of amides is 1. The number of halogens is 1. The molecule has 5 nitrogen and oxygen atoms in total. The maximum Gasteiger partial charge on any atom is 0.337 e. The van der Waals surface area contributed by atoms with Gasteiger partial charge in [0, 0.05) is 23.5 Å². The van der Waals surface area contributed by atoms with E-state index < -0.39 is 5.97 Å². The number of carbonyl (C=O) groups excluding carboxylic acids is 1. The number of hydrogen-bond acceptors (Lipinski definition) is 3. The summed E-state index contributed by atoms with van der Waals surface area (Å²) in [5.41, 5.74) is 3.19. The second-order valence-electron chi connectivity index (χ2n) is 5.36. The van der Waals surface area contributed by atoms with Crippen molar-refractivity contribution in [2.75, 3.05) is 17.2 Å². The summed E-state index contributed by atoms with van der Waals surface area (Å²) in [5, 5.41) is 15.0. The fraction of sp³-hybridized carbons (Fsp3) is 0.176. The van der Waals surface area contributed by atoms with Crippen LogP contribution in [0.3, 0.4) is 0 Å². The van der Waals surface area contributed by atoms with Crippen molar-refractivity contribution in [2.24, 2.45) is 0 Å². The van der Waals surface area contributed by atoms with Crippen LogP contribution >= 0.6 is 11.6 Å². The molecule has 6 heteroatoms. The van der Waals surface area contributed by atoms with Gasteiger partial charge in [0.25, 0.3) is 5.91 Å². The molecule has 0 radical (unpaired) electrons. The smallest absolute Gasteiger partial charge is 0.337 e. The van der Waals surface area contributed by atoms with E-state index in [1.807, 2.05) is 12.1 Å². The van der Waals surface area contributed by atoms with Gasteiger partial charge in [0.05, 0.1) is 10.6 Å². The molecule has 0 aromatic heterocycles. The number of carboxylic acid groups (broad SMARTS) is 1. The van der Waals surface area contributed by atoms with Crippen LogP contribution < -0.4 is 10.6 Å². The third kappa shape index (κ3) is 3.29. The monoisotopic (exact) mass is 330 g/mol. The Bertz CT molecular complexity index is 789. The van der Waals surface area contributed by atoms with Crippen molar-refractivity contribution in [1.29, 1.82) is 0 Å². The van der Waals surface area contributed by atoms with Crippen LogP contribution in [-0.4, -0.2) is 23.5 Å². The SMILES string of the molecule is O=C(Nc1ccc(C(=O)O)c(Cl)c1)c1ccc2c(c1)NCCC2. The molecule has 0 bridgehead atoms. The number of aromatic carboxylic acids is 1. The van der Waals surface area contributed by atoms with Gasteiger partial charge in [0.1, 0.15) is 0 Å². The summed E-state index contributed by atoms with van der Waals surface area (Å²) < 4.78 is 0. The van der Waals surface area contributed by atoms with E-state index in [1.165, 1.54) is 23.8 Å². The van der Waals surface area contributed by atoms with E-state index >= 15 is 0 Å². The van der Waals surface area contributed by atoms with Crippen molar-refractivity contribution in [3.8, 4) is 0 Å². The fourth-order valence-electron chi connectivity index (χ4n) is 2.57. The Labute approximate surface area is 138 Å². The lowest BCUT2D eigenvalue weighted by Gasteiger charge is -2.18. The van der Waals surface area contributed by atoms with Gasteiger partial charge >= 0.3 is 5.97 Å². The zero-order chi connectivity index (χ0) is 16.4. The lowest BCUT2D eigenvalue weighted by molar-refractivity contribution is 0.0697. The minimum absolute atomic E-state index is 0.00245. The highest BCUT2D eigenvalue weighted by molar-refractivity contribution is 6.33. The summed E-state index contributed by atoms with van der Waals surface area (Å²) in [4.78, 5) is 23.3. The summed E-state index contributed by atoms with van der Waals surface area (Å²) in [6, 6.07) is 9.89. The van der Waals surface area contributed by atoms with Crippen molar-refractivity contribution in [1.82, 2.24) is 0 Å². The molecule has 0 aliphatic carbocycles. The first-order chi connectivity index (χ1) is 11.0. The third-order valence-electron chi connectivity index (χ3n) is 3.77. The molecule has 0 spiro atoms. The quantitative estimate of drug-likeness (QED) is 0.802. The molecule has 118 valence electrons. The first-order valence-corrected chi connectivity index (χ1v) is 7.63. The number of nitrogens with one attached hydrogen (secondary N) is 2. The largest absolute Gasteiger partial charge is 0.478 e. The van der Waals surface area contributed by atoms with Crippen molar-refractivity contribution < 1.29 is 14.7 Å². The topological polar surface area (TPSA) is 78.4 Å². The molecule has 1 amide bonds. The van der Waals surface area contributed by atoms with Crippen LogP contribution in [0.2, 0.25) is 5.02 Å². The zero-order valence-corrected chi connectivity index (χ0v) is 13.0. The summed E-state index contributed by atoms with van der Waals surface area (Å²) in [5.74, 6) is -1.37. The molecule has 2 aromatic rings. The molecule has 3 N–H and O–H groups in total. The Morgan fingerprint density at radius 3 is 2.74 bits per heavy atom. The summed E-state index contributed by atoms with van der Waals surface area (Å²) in [6.07, 6.45) is 2.10. The standard InChI is InChI=1S/C17H15ClN2O3/c18-14-9-12(5-6-13(14)17(22)23)20-16(21)11-4-3-10-2-1-7-19-15(10)8-11/h3-6,8-9,19H,1-2,7H2,(H,20,21)(H,22,23). The Morgan fingerprint density at radius 2 is 2.00 bits per heavy atom. The lowest BCUT2D eigenvalue weighted by Crippen LogP contribution is -2.15. The van der Waals surface area contributed by atoms with E-state index in [0.29, 0.717) is 11.3 Å². The number of carboxylic acids is 1. The van der Waals surface area contributed by atoms with Gasteiger partial charge in [-0.1, -0.05) is 17.7 Å². The second kappa shape index (κ2) is 6.30. The van der Waals surface area contributed by atoms with E-state index in [-0.39, 0.29) is 16.5 Å². The van der Waals surface area contributed by atoms with Crippen LogP contribution in [-0.2, 0) is 6.42 Å². The molecular weight excluding hydrogens is 316 g/mol. The van der Waals surface area contributed by atoms with Crippen LogP contribution in [0.1, 0.15) is 32.7 Å². The van der Waals surface area contributed by atoms with Crippen molar-refractivity contribution in [2.45, 2.75) is 12.8 Å². The summed E-state index contributed by atoms with van der Waals surface area (Å²) >= 11 is 5.91. The molecule has 3 rings (SSSR count). The van der Waals surface area contributed by atoms with Crippen molar-refractivity contribution in [3.63, 3.8) is 0 Å². The van der Waals surface area contributed by atoms with Gasteiger partial charge in [-0.15, -0.1) is 0 Å². The predicted molar refractivity (Wildman–Crippen MR) is 89.6 cm³/mol. The minimum Gasteiger partial charge on any atom is -0.478 e. The van der Waals surface area contributed by atoms with Crippen LogP contribution in [0, 0.1) is 0 Å². The van der Waals surface area contributed by atoms with E-state index in [1.54, 1.807) is 6.07 Å². The highest BCUT2D eigenvalue weighted by Gasteiger charge is 2.14. The van der Waals surface area contributed by atoms with Gasteiger partial charge in [-0.05, 0) is 48.7 Å². The normalized spacial score (nSPS) is 12.9. The molecular formula is C17H15ClN2O3. The molecule has 0 fully saturated rings. The van der Waals surface area contributed by atoms with Gasteiger partial charge in [0.2, 0.25) is 0 Å². The molecule has 0 saturated carbocycles. The predicted octanol–water partition coefficient (Wildman–Crippen LogP) is 3.65. The number of fused-ring (bicyclic) bond motifs is 1. The highest BCUT2D eigenvalue weighted by atomic mass is 35.5. The zero-order valence-electron chi connectivity index (χ0n) is 12.2. The number of rotatable bonds is 3. The van der Waals surface area contributed by atoms with Gasteiger partial charge in [0.15, 0.2) is 0 Å². The highest BCUT2D eigenvalue weighted by Crippen LogP contribution is 2.25. The number of benzene rings is 2. The van der Waals surface area contributed by atoms with Gasteiger partial charge < -0.3 is 15.7 Å². The first kappa shape index (κ1) is 15.4. The average molecular weight is 331 g/mol. The summed E-state index contributed by atoms with van der Waals surface area (Å²) in [7, 11) is 0. The van der Waals surface area contributed by atoms with Crippen LogP contribution in [0.15, 0.2) is 36.4 Å². The van der Waals surface area contributed by atoms with Gasteiger partial charge in [-0.2, -0.15) is 0 Å². The van der Waals surface area contributed by atoms with Crippen molar-refractivity contribution >= 4 is 34.9 Å². The van der Waals surface area contributed by atoms with Crippen LogP contribution in [0.4, 0.5) is 11.4 Å². The number of hydrogen-bond donors (Lipinski definition) is 3. The molecule has 0 unspecified atom stereocenters. The second-order valence-corrected chi connectivity index (χ2v) is 5.76. The molecule has 1 aliphatic heterocycles. The molecule has 0 saturated heterocycles. The third-order valence-corrected chi connectivity index (χ3v) is 4.08. The van der Waals surface area contributed by atoms with Crippen LogP contribution in [0.25, 0.3) is 0 Å². The van der Waals surface area contributed by atoms with Crippen molar-refractivity contribution in [3.05, 3.63) is 58.1 Å². The number of carbonyl (C=O) groups is 2. The molecule has 1 heterocycles. The van der Waals surface area contributed by atoms with Gasteiger partial charge in [-0.25, -0.2) is 4.79 Å². The minimum atomic E-state index is -1.10. The number of anilines is 2. The molecule has 1 aliphatic rings. The Hall–Kier alpha value is -2.53. The van der Waals surface area contributed by atoms with Crippen LogP contribution in [0.5, 0.6) is 0 Å². The Morgan fingerprint density at radius 1 is 1.17 bits per heavy atom. The maximum absolute atomic E-state index is 12.3. The fourth-order valence-corrected chi connectivity index (χ4v) is 2.83. The molecule has 0 atom stereocenters. The Balaban J connectivity index is 1.79. The van der Waals surface area contributed by atoms with E-state index in [9.17, 15) is 9.59 Å². The lowest BCUT2D eigenvalue weighted by atomic mass is 10.0. The van der Waals surface area contributed by atoms with E-state index in [4.69, 9.17) is 16.7 Å².